The number of aryl methyl sites for hydroxylation is 1. The molecule has 118 valence electrons. The van der Waals surface area contributed by atoms with Gasteiger partial charge in [-0.2, -0.15) is 0 Å². The van der Waals surface area contributed by atoms with E-state index in [4.69, 9.17) is 4.74 Å². The SMILES string of the molecule is Cc1cc([N+](=O)[O-])ccc1OC1CCN(C(=O)C2CC2)CC1. The van der Waals surface area contributed by atoms with E-state index in [1.165, 1.54) is 12.1 Å². The van der Waals surface area contributed by atoms with Crippen LogP contribution in [0.5, 0.6) is 5.75 Å². The molecule has 0 bridgehead atoms. The standard InChI is InChI=1S/C16H20N2O4/c1-11-10-13(18(20)21)4-5-15(11)22-14-6-8-17(9-7-14)16(19)12-2-3-12/h4-5,10,12,14H,2-3,6-9H2,1H3. The minimum absolute atomic E-state index is 0.0726. The molecule has 0 unspecified atom stereocenters. The van der Waals surface area contributed by atoms with Crippen LogP contribution in [0.2, 0.25) is 0 Å². The van der Waals surface area contributed by atoms with Crippen LogP contribution in [-0.2, 0) is 4.79 Å². The van der Waals surface area contributed by atoms with Crippen LogP contribution in [0.4, 0.5) is 5.69 Å². The second-order valence-corrected chi connectivity index (χ2v) is 6.12. The summed E-state index contributed by atoms with van der Waals surface area (Å²) >= 11 is 0. The molecule has 0 aromatic heterocycles. The lowest BCUT2D eigenvalue weighted by atomic mass is 10.1. The molecule has 1 amide bonds. The number of nitrogens with zero attached hydrogens (tertiary/aromatic N) is 2. The fourth-order valence-electron chi connectivity index (χ4n) is 2.84. The Balaban J connectivity index is 1.56. The molecule has 1 heterocycles. The van der Waals surface area contributed by atoms with E-state index in [1.807, 2.05) is 11.8 Å². The monoisotopic (exact) mass is 304 g/mol. The van der Waals surface area contributed by atoms with Gasteiger partial charge in [-0.3, -0.25) is 14.9 Å². The van der Waals surface area contributed by atoms with Gasteiger partial charge in [-0.25, -0.2) is 0 Å². The summed E-state index contributed by atoms with van der Waals surface area (Å²) in [6.45, 7) is 3.30. The van der Waals surface area contributed by atoms with Crippen LogP contribution < -0.4 is 4.74 Å². The minimum Gasteiger partial charge on any atom is -0.490 e. The van der Waals surface area contributed by atoms with Crippen molar-refractivity contribution in [1.82, 2.24) is 4.90 Å². The normalized spacial score (nSPS) is 19.0. The molecule has 0 atom stereocenters. The van der Waals surface area contributed by atoms with E-state index in [2.05, 4.69) is 0 Å². The first-order valence-corrected chi connectivity index (χ1v) is 7.75. The van der Waals surface area contributed by atoms with Gasteiger partial charge in [-0.05, 0) is 31.4 Å². The van der Waals surface area contributed by atoms with Crippen molar-refractivity contribution in [2.75, 3.05) is 13.1 Å². The molecule has 0 spiro atoms. The second kappa shape index (κ2) is 5.94. The van der Waals surface area contributed by atoms with Gasteiger partial charge in [0, 0.05) is 44.0 Å². The van der Waals surface area contributed by atoms with Crippen molar-refractivity contribution in [3.63, 3.8) is 0 Å². The number of ether oxygens (including phenoxy) is 1. The Labute approximate surface area is 129 Å². The summed E-state index contributed by atoms with van der Waals surface area (Å²) in [5.74, 6) is 1.26. The Kier molecular flexibility index (Phi) is 4.00. The quantitative estimate of drug-likeness (QED) is 0.633. The Hall–Kier alpha value is -2.11. The number of benzene rings is 1. The molecule has 22 heavy (non-hydrogen) atoms. The Morgan fingerprint density at radius 3 is 2.50 bits per heavy atom. The van der Waals surface area contributed by atoms with Gasteiger partial charge in [0.15, 0.2) is 0 Å². The summed E-state index contributed by atoms with van der Waals surface area (Å²) in [6.07, 6.45) is 3.78. The van der Waals surface area contributed by atoms with Crippen molar-refractivity contribution in [3.8, 4) is 5.75 Å². The third kappa shape index (κ3) is 3.21. The maximum atomic E-state index is 12.0. The zero-order valence-corrected chi connectivity index (χ0v) is 12.7. The predicted molar refractivity (Wildman–Crippen MR) is 80.8 cm³/mol. The fourth-order valence-corrected chi connectivity index (χ4v) is 2.84. The van der Waals surface area contributed by atoms with Crippen LogP contribution in [0.3, 0.4) is 0 Å². The topological polar surface area (TPSA) is 72.7 Å². The molecule has 2 fully saturated rings. The molecule has 6 nitrogen and oxygen atoms in total. The summed E-state index contributed by atoms with van der Waals surface area (Å²) < 4.78 is 5.96. The van der Waals surface area contributed by atoms with Gasteiger partial charge in [0.05, 0.1) is 4.92 Å². The van der Waals surface area contributed by atoms with Crippen molar-refractivity contribution in [3.05, 3.63) is 33.9 Å². The van der Waals surface area contributed by atoms with E-state index in [9.17, 15) is 14.9 Å². The molecule has 1 saturated heterocycles. The first-order valence-electron chi connectivity index (χ1n) is 7.75. The molecule has 1 aliphatic carbocycles. The van der Waals surface area contributed by atoms with Crippen LogP contribution in [0, 0.1) is 23.0 Å². The van der Waals surface area contributed by atoms with Crippen LogP contribution in [-0.4, -0.2) is 34.9 Å². The number of nitro groups is 1. The van der Waals surface area contributed by atoms with Crippen LogP contribution in [0.25, 0.3) is 0 Å². The summed E-state index contributed by atoms with van der Waals surface area (Å²) in [4.78, 5) is 24.3. The van der Waals surface area contributed by atoms with Crippen LogP contribution >= 0.6 is 0 Å². The third-order valence-corrected chi connectivity index (χ3v) is 4.34. The van der Waals surface area contributed by atoms with Crippen molar-refractivity contribution in [2.45, 2.75) is 38.7 Å². The highest BCUT2D eigenvalue weighted by Crippen LogP contribution is 2.32. The van der Waals surface area contributed by atoms with E-state index in [1.54, 1.807) is 6.07 Å². The van der Waals surface area contributed by atoms with Crippen molar-refractivity contribution in [2.24, 2.45) is 5.92 Å². The molecule has 2 aliphatic rings. The lowest BCUT2D eigenvalue weighted by Gasteiger charge is -2.32. The molecule has 0 radical (unpaired) electrons. The highest BCUT2D eigenvalue weighted by Gasteiger charge is 2.35. The predicted octanol–water partition coefficient (Wildman–Crippen LogP) is 2.68. The molecule has 1 aliphatic heterocycles. The first-order chi connectivity index (χ1) is 10.5. The number of carbonyl (C=O) groups is 1. The van der Waals surface area contributed by atoms with Gasteiger partial charge >= 0.3 is 0 Å². The largest absolute Gasteiger partial charge is 0.490 e. The zero-order valence-electron chi connectivity index (χ0n) is 12.7. The van der Waals surface area contributed by atoms with Gasteiger partial charge in [0.1, 0.15) is 11.9 Å². The molecule has 0 N–H and O–H groups in total. The van der Waals surface area contributed by atoms with Crippen molar-refractivity contribution in [1.29, 1.82) is 0 Å². The fraction of sp³-hybridized carbons (Fsp3) is 0.562. The Morgan fingerprint density at radius 1 is 1.27 bits per heavy atom. The minimum atomic E-state index is -0.404. The smallest absolute Gasteiger partial charge is 0.269 e. The van der Waals surface area contributed by atoms with Gasteiger partial charge in [-0.1, -0.05) is 0 Å². The summed E-state index contributed by atoms with van der Waals surface area (Å²) in [5, 5.41) is 10.7. The average molecular weight is 304 g/mol. The number of likely N-dealkylation sites (tertiary alicyclic amines) is 1. The molecular weight excluding hydrogens is 284 g/mol. The second-order valence-electron chi connectivity index (χ2n) is 6.12. The number of hydrogen-bond donors (Lipinski definition) is 0. The highest BCUT2D eigenvalue weighted by atomic mass is 16.6. The van der Waals surface area contributed by atoms with Gasteiger partial charge < -0.3 is 9.64 Å². The summed E-state index contributed by atoms with van der Waals surface area (Å²) in [7, 11) is 0. The van der Waals surface area contributed by atoms with Crippen molar-refractivity contribution < 1.29 is 14.5 Å². The summed E-state index contributed by atoms with van der Waals surface area (Å²) in [5.41, 5.74) is 0.848. The van der Waals surface area contributed by atoms with Gasteiger partial charge in [-0.15, -0.1) is 0 Å². The number of piperidine rings is 1. The van der Waals surface area contributed by atoms with Crippen LogP contribution in [0.1, 0.15) is 31.2 Å². The van der Waals surface area contributed by atoms with E-state index in [-0.39, 0.29) is 17.7 Å². The molecule has 6 heteroatoms. The van der Waals surface area contributed by atoms with E-state index in [0.29, 0.717) is 11.7 Å². The van der Waals surface area contributed by atoms with Crippen molar-refractivity contribution >= 4 is 11.6 Å². The third-order valence-electron chi connectivity index (χ3n) is 4.34. The Bertz CT molecular complexity index is 590. The zero-order chi connectivity index (χ0) is 15.7. The lowest BCUT2D eigenvalue weighted by Crippen LogP contribution is -2.42. The number of rotatable bonds is 4. The van der Waals surface area contributed by atoms with E-state index in [0.717, 1.165) is 44.3 Å². The number of carbonyl (C=O) groups excluding carboxylic acids is 1. The maximum absolute atomic E-state index is 12.0. The van der Waals surface area contributed by atoms with E-state index < -0.39 is 4.92 Å². The Morgan fingerprint density at radius 2 is 1.95 bits per heavy atom. The highest BCUT2D eigenvalue weighted by molar-refractivity contribution is 5.81. The lowest BCUT2D eigenvalue weighted by molar-refractivity contribution is -0.384. The number of amides is 1. The van der Waals surface area contributed by atoms with Gasteiger partial charge in [0.2, 0.25) is 5.91 Å². The average Bonchev–Trinajstić information content (AvgIpc) is 3.34. The number of nitro benzene ring substituents is 1. The molecule has 1 saturated carbocycles. The summed E-state index contributed by atoms with van der Waals surface area (Å²) in [6, 6.07) is 4.66. The van der Waals surface area contributed by atoms with Crippen LogP contribution in [0.15, 0.2) is 18.2 Å². The first kappa shape index (κ1) is 14.8. The maximum Gasteiger partial charge on any atom is 0.269 e. The number of non-ortho nitro benzene ring substituents is 1. The van der Waals surface area contributed by atoms with Gasteiger partial charge in [0.25, 0.3) is 5.69 Å². The molecule has 1 aromatic carbocycles. The molecule has 1 aromatic rings. The number of hydrogen-bond acceptors (Lipinski definition) is 4. The molecular formula is C16H20N2O4. The molecule has 3 rings (SSSR count). The van der Waals surface area contributed by atoms with E-state index >= 15 is 0 Å².